The molecule has 1 saturated heterocycles. The Balaban J connectivity index is 1.74. The molecular weight excluding hydrogens is 252 g/mol. The minimum Gasteiger partial charge on any atom is -0.389 e. The van der Waals surface area contributed by atoms with Crippen molar-refractivity contribution in [1.82, 2.24) is 9.80 Å². The summed E-state index contributed by atoms with van der Waals surface area (Å²) >= 11 is 0. The van der Waals surface area contributed by atoms with Crippen LogP contribution in [0.2, 0.25) is 0 Å². The molecule has 0 spiro atoms. The van der Waals surface area contributed by atoms with Gasteiger partial charge in [-0.15, -0.1) is 0 Å². The molecule has 0 radical (unpaired) electrons. The largest absolute Gasteiger partial charge is 0.389 e. The monoisotopic (exact) mass is 284 g/mol. The lowest BCUT2D eigenvalue weighted by molar-refractivity contribution is -0.0444. The van der Waals surface area contributed by atoms with E-state index in [-0.39, 0.29) is 0 Å². The van der Waals surface area contributed by atoms with Crippen LogP contribution in [-0.2, 0) is 4.74 Å². The predicted molar refractivity (Wildman–Crippen MR) is 82.0 cm³/mol. The fourth-order valence-electron chi connectivity index (χ4n) is 3.66. The van der Waals surface area contributed by atoms with Gasteiger partial charge in [-0.2, -0.15) is 0 Å². The Bertz CT molecular complexity index is 280. The Morgan fingerprint density at radius 2 is 1.95 bits per heavy atom. The summed E-state index contributed by atoms with van der Waals surface area (Å²) < 4.78 is 5.45. The van der Waals surface area contributed by atoms with Crippen molar-refractivity contribution in [2.45, 2.75) is 57.6 Å². The van der Waals surface area contributed by atoms with E-state index < -0.39 is 5.60 Å². The van der Waals surface area contributed by atoms with Gasteiger partial charge in [0.15, 0.2) is 0 Å². The van der Waals surface area contributed by atoms with Crippen molar-refractivity contribution in [3.05, 3.63) is 0 Å². The van der Waals surface area contributed by atoms with Gasteiger partial charge in [0, 0.05) is 45.4 Å². The molecule has 4 heteroatoms. The van der Waals surface area contributed by atoms with Crippen molar-refractivity contribution in [1.29, 1.82) is 0 Å². The summed E-state index contributed by atoms with van der Waals surface area (Å²) in [6.45, 7) is 11.2. The predicted octanol–water partition coefficient (Wildman–Crippen LogP) is 1.72. The molecule has 1 aliphatic heterocycles. The molecule has 2 aliphatic rings. The standard InChI is InChI=1S/C16H32N2O2/c1-3-20-12-11-18-10-9-17(13-15(18)2)14-16(19)7-5-4-6-8-16/h15,19H,3-14H2,1-2H3. The molecule has 1 atom stereocenters. The molecule has 0 aromatic heterocycles. The molecule has 0 amide bonds. The van der Waals surface area contributed by atoms with Crippen LogP contribution in [-0.4, -0.2) is 72.5 Å². The summed E-state index contributed by atoms with van der Waals surface area (Å²) in [5, 5.41) is 10.7. The average molecular weight is 284 g/mol. The maximum absolute atomic E-state index is 10.7. The first kappa shape index (κ1) is 16.2. The van der Waals surface area contributed by atoms with Crippen LogP contribution in [0.1, 0.15) is 46.0 Å². The van der Waals surface area contributed by atoms with Gasteiger partial charge >= 0.3 is 0 Å². The molecule has 118 valence electrons. The SMILES string of the molecule is CCOCCN1CCN(CC2(O)CCCCC2)CC1C. The molecule has 1 unspecified atom stereocenters. The van der Waals surface area contributed by atoms with Crippen LogP contribution in [0, 0.1) is 0 Å². The van der Waals surface area contributed by atoms with Gasteiger partial charge in [-0.05, 0) is 26.7 Å². The van der Waals surface area contributed by atoms with Crippen molar-refractivity contribution in [3.63, 3.8) is 0 Å². The van der Waals surface area contributed by atoms with Gasteiger partial charge in [0.1, 0.15) is 0 Å². The Labute approximate surface area is 124 Å². The van der Waals surface area contributed by atoms with Gasteiger partial charge in [0.05, 0.1) is 12.2 Å². The molecule has 4 nitrogen and oxygen atoms in total. The minimum atomic E-state index is -0.411. The van der Waals surface area contributed by atoms with E-state index >= 15 is 0 Å². The Kier molecular flexibility index (Phi) is 6.27. The normalized spacial score (nSPS) is 28.6. The first-order chi connectivity index (χ1) is 9.63. The van der Waals surface area contributed by atoms with Gasteiger partial charge in [-0.1, -0.05) is 19.3 Å². The molecule has 0 aromatic carbocycles. The second-order valence-corrected chi connectivity index (χ2v) is 6.60. The quantitative estimate of drug-likeness (QED) is 0.754. The molecular formula is C16H32N2O2. The lowest BCUT2D eigenvalue weighted by Gasteiger charge is -2.43. The zero-order chi connectivity index (χ0) is 14.4. The summed E-state index contributed by atoms with van der Waals surface area (Å²) in [6, 6.07) is 0.566. The fraction of sp³-hybridized carbons (Fsp3) is 1.00. The second kappa shape index (κ2) is 7.74. The Morgan fingerprint density at radius 3 is 2.60 bits per heavy atom. The lowest BCUT2D eigenvalue weighted by atomic mass is 9.84. The third-order valence-electron chi connectivity index (χ3n) is 4.88. The van der Waals surface area contributed by atoms with Crippen molar-refractivity contribution in [2.75, 3.05) is 45.9 Å². The third kappa shape index (κ3) is 4.69. The van der Waals surface area contributed by atoms with Crippen molar-refractivity contribution >= 4 is 0 Å². The topological polar surface area (TPSA) is 35.9 Å². The maximum Gasteiger partial charge on any atom is 0.0774 e. The Morgan fingerprint density at radius 1 is 1.20 bits per heavy atom. The number of aliphatic hydroxyl groups is 1. The highest BCUT2D eigenvalue weighted by atomic mass is 16.5. The zero-order valence-corrected chi connectivity index (χ0v) is 13.3. The number of rotatable bonds is 6. The number of piperazine rings is 1. The van der Waals surface area contributed by atoms with Crippen LogP contribution in [0.15, 0.2) is 0 Å². The van der Waals surface area contributed by atoms with E-state index in [1.807, 2.05) is 6.92 Å². The van der Waals surface area contributed by atoms with E-state index in [0.29, 0.717) is 6.04 Å². The number of nitrogens with zero attached hydrogens (tertiary/aromatic N) is 2. The maximum atomic E-state index is 10.7. The summed E-state index contributed by atoms with van der Waals surface area (Å²) in [6.07, 6.45) is 5.67. The van der Waals surface area contributed by atoms with E-state index in [2.05, 4.69) is 16.7 Å². The van der Waals surface area contributed by atoms with Gasteiger partial charge in [0.2, 0.25) is 0 Å². The second-order valence-electron chi connectivity index (χ2n) is 6.60. The van der Waals surface area contributed by atoms with E-state index in [0.717, 1.165) is 58.8 Å². The van der Waals surface area contributed by atoms with Crippen LogP contribution < -0.4 is 0 Å². The molecule has 2 fully saturated rings. The highest BCUT2D eigenvalue weighted by Gasteiger charge is 2.33. The van der Waals surface area contributed by atoms with Crippen molar-refractivity contribution < 1.29 is 9.84 Å². The number of hydrogen-bond donors (Lipinski definition) is 1. The van der Waals surface area contributed by atoms with Gasteiger partial charge < -0.3 is 9.84 Å². The van der Waals surface area contributed by atoms with Crippen LogP contribution in [0.3, 0.4) is 0 Å². The Hall–Kier alpha value is -0.160. The number of hydrogen-bond acceptors (Lipinski definition) is 4. The first-order valence-corrected chi connectivity index (χ1v) is 8.39. The van der Waals surface area contributed by atoms with E-state index in [1.165, 1.54) is 19.3 Å². The smallest absolute Gasteiger partial charge is 0.0774 e. The molecule has 1 saturated carbocycles. The molecule has 20 heavy (non-hydrogen) atoms. The van der Waals surface area contributed by atoms with Gasteiger partial charge in [0.25, 0.3) is 0 Å². The van der Waals surface area contributed by atoms with Crippen LogP contribution in [0.4, 0.5) is 0 Å². The highest BCUT2D eigenvalue weighted by molar-refractivity contribution is 4.88. The van der Waals surface area contributed by atoms with E-state index in [9.17, 15) is 5.11 Å². The average Bonchev–Trinajstić information content (AvgIpc) is 2.42. The molecule has 2 rings (SSSR count). The molecule has 0 aromatic rings. The molecule has 1 N–H and O–H groups in total. The minimum absolute atomic E-state index is 0.411. The zero-order valence-electron chi connectivity index (χ0n) is 13.3. The molecule has 1 heterocycles. The third-order valence-corrected chi connectivity index (χ3v) is 4.88. The van der Waals surface area contributed by atoms with Gasteiger partial charge in [-0.25, -0.2) is 0 Å². The summed E-state index contributed by atoms with van der Waals surface area (Å²) in [5.74, 6) is 0. The van der Waals surface area contributed by atoms with Crippen molar-refractivity contribution in [3.8, 4) is 0 Å². The first-order valence-electron chi connectivity index (χ1n) is 8.39. The molecule has 1 aliphatic carbocycles. The van der Waals surface area contributed by atoms with Gasteiger partial charge in [-0.3, -0.25) is 9.80 Å². The van der Waals surface area contributed by atoms with Crippen LogP contribution in [0.25, 0.3) is 0 Å². The fourth-order valence-corrected chi connectivity index (χ4v) is 3.66. The summed E-state index contributed by atoms with van der Waals surface area (Å²) in [7, 11) is 0. The van der Waals surface area contributed by atoms with Crippen LogP contribution in [0.5, 0.6) is 0 Å². The summed E-state index contributed by atoms with van der Waals surface area (Å²) in [5.41, 5.74) is -0.411. The van der Waals surface area contributed by atoms with E-state index in [4.69, 9.17) is 4.74 Å². The molecule has 0 bridgehead atoms. The van der Waals surface area contributed by atoms with Crippen molar-refractivity contribution in [2.24, 2.45) is 0 Å². The summed E-state index contributed by atoms with van der Waals surface area (Å²) in [4.78, 5) is 4.98. The lowest BCUT2D eigenvalue weighted by Crippen LogP contribution is -2.56. The number of ether oxygens (including phenoxy) is 1. The van der Waals surface area contributed by atoms with Crippen LogP contribution >= 0.6 is 0 Å². The van der Waals surface area contributed by atoms with E-state index in [1.54, 1.807) is 0 Å². The number of β-amino-alcohol motifs (C(OH)–C–C–N with tert-alkyl or cyclic N) is 1. The highest BCUT2D eigenvalue weighted by Crippen LogP contribution is 2.29.